The quantitative estimate of drug-likeness (QED) is 0.857. The van der Waals surface area contributed by atoms with E-state index in [1.165, 1.54) is 6.07 Å². The highest BCUT2D eigenvalue weighted by atomic mass is 19.1. The number of piperazine rings is 1. The number of ether oxygens (including phenoxy) is 1. The van der Waals surface area contributed by atoms with Crippen molar-refractivity contribution in [2.24, 2.45) is 0 Å². The fraction of sp³-hybridized carbons (Fsp3) is 0.333. The molecule has 132 valence electrons. The molecule has 2 amide bonds. The summed E-state index contributed by atoms with van der Waals surface area (Å²) in [5.74, 6) is -0.209. The van der Waals surface area contributed by atoms with E-state index in [1.807, 2.05) is 0 Å². The molecule has 1 saturated heterocycles. The Hall–Kier alpha value is -2.83. The Kier molecular flexibility index (Phi) is 5.02. The zero-order chi connectivity index (χ0) is 17.8. The molecule has 0 atom stereocenters. The largest absolute Gasteiger partial charge is 0.451 e. The predicted octanol–water partition coefficient (Wildman–Crippen LogP) is 3.00. The monoisotopic (exact) mass is 346 g/mol. The number of carbonyl (C=O) groups excluding carboxylic acids is 2. The maximum atomic E-state index is 13.8. The number of hydrogen-bond acceptors (Lipinski definition) is 4. The molecule has 0 N–H and O–H groups in total. The molecule has 0 aliphatic carbocycles. The molecule has 6 nitrogen and oxygen atoms in total. The number of hydrogen-bond donors (Lipinski definition) is 0. The third kappa shape index (κ3) is 3.65. The molecule has 25 heavy (non-hydrogen) atoms. The second-order valence-corrected chi connectivity index (χ2v) is 5.62. The van der Waals surface area contributed by atoms with Gasteiger partial charge in [-0.15, -0.1) is 0 Å². The predicted molar refractivity (Wildman–Crippen MR) is 88.6 cm³/mol. The number of halogens is 1. The Balaban J connectivity index is 1.65. The summed E-state index contributed by atoms with van der Waals surface area (Å²) in [5, 5.41) is 0. The molecule has 0 saturated carbocycles. The number of benzene rings is 1. The highest BCUT2D eigenvalue weighted by Crippen LogP contribution is 2.25. The first kappa shape index (κ1) is 17.0. The zero-order valence-corrected chi connectivity index (χ0v) is 13.9. The summed E-state index contributed by atoms with van der Waals surface area (Å²) in [6.07, 6.45) is -0.366. The number of furan rings is 1. The summed E-state index contributed by atoms with van der Waals surface area (Å²) >= 11 is 0. The fourth-order valence-corrected chi connectivity index (χ4v) is 2.72. The van der Waals surface area contributed by atoms with E-state index in [9.17, 15) is 14.0 Å². The third-order valence-electron chi connectivity index (χ3n) is 4.05. The van der Waals surface area contributed by atoms with Gasteiger partial charge in [0.2, 0.25) is 0 Å². The van der Waals surface area contributed by atoms with Crippen molar-refractivity contribution >= 4 is 12.0 Å². The highest BCUT2D eigenvalue weighted by molar-refractivity contribution is 5.92. The minimum Gasteiger partial charge on any atom is -0.451 e. The first-order valence-electron chi connectivity index (χ1n) is 8.16. The Bertz CT molecular complexity index is 766. The topological polar surface area (TPSA) is 63.0 Å². The van der Waals surface area contributed by atoms with Crippen molar-refractivity contribution in [3.63, 3.8) is 0 Å². The van der Waals surface area contributed by atoms with E-state index >= 15 is 0 Å². The summed E-state index contributed by atoms with van der Waals surface area (Å²) in [6.45, 7) is 3.68. The van der Waals surface area contributed by atoms with Gasteiger partial charge in [0.25, 0.3) is 5.91 Å². The molecule has 2 aromatic rings. The van der Waals surface area contributed by atoms with Crippen LogP contribution in [0.1, 0.15) is 17.5 Å². The zero-order valence-electron chi connectivity index (χ0n) is 13.9. The van der Waals surface area contributed by atoms with Crippen LogP contribution in [0.3, 0.4) is 0 Å². The second-order valence-electron chi connectivity index (χ2n) is 5.62. The minimum absolute atomic E-state index is 0.155. The molecule has 0 bridgehead atoms. The van der Waals surface area contributed by atoms with Crippen LogP contribution in [0.4, 0.5) is 9.18 Å². The summed E-state index contributed by atoms with van der Waals surface area (Å²) in [6, 6.07) is 9.37. The molecular weight excluding hydrogens is 327 g/mol. The van der Waals surface area contributed by atoms with Gasteiger partial charge < -0.3 is 19.0 Å². The number of nitrogens with zero attached hydrogens (tertiary/aromatic N) is 2. The maximum absolute atomic E-state index is 13.8. The first-order valence-corrected chi connectivity index (χ1v) is 8.16. The standard InChI is InChI=1S/C18H19FN2O4/c1-2-24-18(23)21-11-9-20(10-12-21)17(22)16-8-7-15(25-16)13-5-3-4-6-14(13)19/h3-8H,2,9-12H2,1H3. The van der Waals surface area contributed by atoms with E-state index < -0.39 is 5.82 Å². The molecule has 0 unspecified atom stereocenters. The van der Waals surface area contributed by atoms with E-state index in [4.69, 9.17) is 9.15 Å². The van der Waals surface area contributed by atoms with Crippen LogP contribution in [-0.4, -0.2) is 54.6 Å². The normalized spacial score (nSPS) is 14.5. The summed E-state index contributed by atoms with van der Waals surface area (Å²) < 4.78 is 24.3. The van der Waals surface area contributed by atoms with Crippen LogP contribution in [0.5, 0.6) is 0 Å². The molecule has 1 aromatic heterocycles. The second kappa shape index (κ2) is 7.38. The fourth-order valence-electron chi connectivity index (χ4n) is 2.72. The third-order valence-corrected chi connectivity index (χ3v) is 4.05. The van der Waals surface area contributed by atoms with Crippen LogP contribution in [0.15, 0.2) is 40.8 Å². The minimum atomic E-state index is -0.404. The Morgan fingerprint density at radius 3 is 2.44 bits per heavy atom. The molecule has 1 aromatic carbocycles. The molecule has 3 rings (SSSR count). The molecule has 0 spiro atoms. The van der Waals surface area contributed by atoms with Gasteiger partial charge in [-0.1, -0.05) is 12.1 Å². The van der Waals surface area contributed by atoms with Crippen molar-refractivity contribution in [3.8, 4) is 11.3 Å². The van der Waals surface area contributed by atoms with Crippen LogP contribution >= 0.6 is 0 Å². The molecule has 1 fully saturated rings. The van der Waals surface area contributed by atoms with Gasteiger partial charge in [0.1, 0.15) is 11.6 Å². The van der Waals surface area contributed by atoms with Gasteiger partial charge in [-0.3, -0.25) is 4.79 Å². The number of carbonyl (C=O) groups is 2. The van der Waals surface area contributed by atoms with Crippen molar-refractivity contribution in [2.45, 2.75) is 6.92 Å². The first-order chi connectivity index (χ1) is 12.1. The van der Waals surface area contributed by atoms with Gasteiger partial charge in [0.15, 0.2) is 5.76 Å². The average molecular weight is 346 g/mol. The van der Waals surface area contributed by atoms with Crippen LogP contribution < -0.4 is 0 Å². The molecule has 2 heterocycles. The van der Waals surface area contributed by atoms with Crippen LogP contribution in [0.25, 0.3) is 11.3 Å². The van der Waals surface area contributed by atoms with Crippen molar-refractivity contribution in [1.29, 1.82) is 0 Å². The summed E-state index contributed by atoms with van der Waals surface area (Å²) in [5.41, 5.74) is 0.314. The van der Waals surface area contributed by atoms with Crippen molar-refractivity contribution in [1.82, 2.24) is 9.80 Å². The smallest absolute Gasteiger partial charge is 0.409 e. The lowest BCUT2D eigenvalue weighted by Crippen LogP contribution is -2.50. The number of amides is 2. The summed E-state index contributed by atoms with van der Waals surface area (Å²) in [7, 11) is 0. The molecule has 1 aliphatic heterocycles. The van der Waals surface area contributed by atoms with Gasteiger partial charge >= 0.3 is 6.09 Å². The van der Waals surface area contributed by atoms with E-state index in [0.717, 1.165) is 0 Å². The van der Waals surface area contributed by atoms with Gasteiger partial charge in [-0.05, 0) is 31.2 Å². The van der Waals surface area contributed by atoms with Gasteiger partial charge in [-0.2, -0.15) is 0 Å². The molecular formula is C18H19FN2O4. The van der Waals surface area contributed by atoms with Crippen LogP contribution in [-0.2, 0) is 4.74 Å². The molecule has 7 heteroatoms. The average Bonchev–Trinajstić information content (AvgIpc) is 3.11. The molecule has 0 radical (unpaired) electrons. The maximum Gasteiger partial charge on any atom is 0.409 e. The van der Waals surface area contributed by atoms with Crippen molar-refractivity contribution in [3.05, 3.63) is 48.0 Å². The lowest BCUT2D eigenvalue weighted by molar-refractivity contribution is 0.0547. The highest BCUT2D eigenvalue weighted by Gasteiger charge is 2.27. The van der Waals surface area contributed by atoms with Crippen molar-refractivity contribution < 1.29 is 23.1 Å². The Morgan fingerprint density at radius 1 is 1.08 bits per heavy atom. The Morgan fingerprint density at radius 2 is 1.76 bits per heavy atom. The summed E-state index contributed by atoms with van der Waals surface area (Å²) in [4.78, 5) is 27.4. The Labute approximate surface area is 144 Å². The van der Waals surface area contributed by atoms with Crippen LogP contribution in [0.2, 0.25) is 0 Å². The van der Waals surface area contributed by atoms with E-state index in [-0.39, 0.29) is 17.8 Å². The van der Waals surface area contributed by atoms with Gasteiger partial charge in [-0.25, -0.2) is 9.18 Å². The van der Waals surface area contributed by atoms with E-state index in [1.54, 1.807) is 47.1 Å². The van der Waals surface area contributed by atoms with E-state index in [0.29, 0.717) is 44.1 Å². The van der Waals surface area contributed by atoms with Crippen molar-refractivity contribution in [2.75, 3.05) is 32.8 Å². The van der Waals surface area contributed by atoms with Gasteiger partial charge in [0, 0.05) is 26.2 Å². The number of rotatable bonds is 3. The van der Waals surface area contributed by atoms with Crippen LogP contribution in [0, 0.1) is 5.82 Å². The lowest BCUT2D eigenvalue weighted by Gasteiger charge is -2.33. The van der Waals surface area contributed by atoms with Gasteiger partial charge in [0.05, 0.1) is 12.2 Å². The lowest BCUT2D eigenvalue weighted by atomic mass is 10.1. The SMILES string of the molecule is CCOC(=O)N1CCN(C(=O)c2ccc(-c3ccccc3F)o2)CC1. The molecule has 1 aliphatic rings. The van der Waals surface area contributed by atoms with E-state index in [2.05, 4.69) is 0 Å².